The highest BCUT2D eigenvalue weighted by Gasteiger charge is 2.53. The molecule has 2 rings (SSSR count). The number of nitrogens with zero attached hydrogens (tertiary/aromatic N) is 1. The van der Waals surface area contributed by atoms with Gasteiger partial charge in [0.2, 0.25) is 0 Å². The van der Waals surface area contributed by atoms with Gasteiger partial charge in [0.25, 0.3) is 0 Å². The maximum atomic E-state index is 13.5. The largest absolute Gasteiger partial charge is 0.300 e. The Bertz CT molecular complexity index is 282. The molecule has 1 saturated carbocycles. The molecule has 4 atom stereocenters. The number of allylic oxidation sites excluding steroid dienone is 2. The third-order valence-electron chi connectivity index (χ3n) is 3.65. The summed E-state index contributed by atoms with van der Waals surface area (Å²) in [5, 5.41) is 0. The van der Waals surface area contributed by atoms with Crippen molar-refractivity contribution in [3.8, 4) is 0 Å². The predicted molar refractivity (Wildman–Crippen MR) is 52.5 cm³/mol. The Labute approximate surface area is 78.7 Å². The van der Waals surface area contributed by atoms with E-state index in [4.69, 9.17) is 0 Å². The summed E-state index contributed by atoms with van der Waals surface area (Å²) >= 11 is 0. The van der Waals surface area contributed by atoms with Crippen LogP contribution in [0.4, 0.5) is 4.39 Å². The average Bonchev–Trinajstić information content (AvgIpc) is 2.17. The normalized spacial score (nSPS) is 48.9. The fraction of sp³-hybridized carbons (Fsp3) is 0.727. The van der Waals surface area contributed by atoms with Gasteiger partial charge in [-0.15, -0.1) is 0 Å². The van der Waals surface area contributed by atoms with E-state index in [1.54, 1.807) is 13.1 Å². The van der Waals surface area contributed by atoms with Gasteiger partial charge in [0.15, 0.2) is 0 Å². The highest BCUT2D eigenvalue weighted by Crippen LogP contribution is 2.58. The number of hydrogen-bond acceptors (Lipinski definition) is 1. The van der Waals surface area contributed by atoms with E-state index in [2.05, 4.69) is 18.8 Å². The van der Waals surface area contributed by atoms with Gasteiger partial charge in [0.1, 0.15) is 5.83 Å². The summed E-state index contributed by atoms with van der Waals surface area (Å²) in [4.78, 5) is 4.03. The molecular formula is C11H16FN. The molecule has 72 valence electrons. The van der Waals surface area contributed by atoms with Crippen molar-refractivity contribution in [3.63, 3.8) is 0 Å². The Morgan fingerprint density at radius 2 is 2.38 bits per heavy atom. The fourth-order valence-corrected chi connectivity index (χ4v) is 2.91. The lowest BCUT2D eigenvalue weighted by molar-refractivity contribution is 0.0735. The molecule has 2 aliphatic rings. The Morgan fingerprint density at radius 1 is 1.69 bits per heavy atom. The summed E-state index contributed by atoms with van der Waals surface area (Å²) in [6, 6.07) is 0. The molecule has 13 heavy (non-hydrogen) atoms. The average molecular weight is 181 g/mol. The minimum Gasteiger partial charge on any atom is -0.300 e. The van der Waals surface area contributed by atoms with Crippen molar-refractivity contribution in [2.24, 2.45) is 28.2 Å². The molecule has 0 amide bonds. The maximum absolute atomic E-state index is 13.5. The van der Waals surface area contributed by atoms with Crippen LogP contribution in [0, 0.1) is 23.2 Å². The van der Waals surface area contributed by atoms with Gasteiger partial charge in [-0.1, -0.05) is 13.8 Å². The van der Waals surface area contributed by atoms with Crippen LogP contribution in [-0.4, -0.2) is 13.3 Å². The molecule has 1 nitrogen and oxygen atoms in total. The van der Waals surface area contributed by atoms with Gasteiger partial charge in [-0.2, -0.15) is 0 Å². The smallest absolute Gasteiger partial charge is 0.101 e. The number of halogens is 1. The maximum Gasteiger partial charge on any atom is 0.101 e. The van der Waals surface area contributed by atoms with Crippen LogP contribution in [0.1, 0.15) is 20.3 Å². The summed E-state index contributed by atoms with van der Waals surface area (Å²) in [5.41, 5.74) is -0.115. The van der Waals surface area contributed by atoms with Gasteiger partial charge in [-0.25, -0.2) is 4.39 Å². The zero-order chi connectivity index (χ0) is 9.64. The highest BCUT2D eigenvalue weighted by molar-refractivity contribution is 5.70. The Kier molecular flexibility index (Phi) is 1.83. The van der Waals surface area contributed by atoms with Gasteiger partial charge in [-0.3, -0.25) is 4.99 Å². The van der Waals surface area contributed by atoms with Crippen LogP contribution in [0.5, 0.6) is 0 Å². The Morgan fingerprint density at radius 3 is 2.85 bits per heavy atom. The predicted octanol–water partition coefficient (Wildman–Crippen LogP) is 2.83. The summed E-state index contributed by atoms with van der Waals surface area (Å²) < 4.78 is 13.5. The lowest BCUT2D eigenvalue weighted by Crippen LogP contribution is -2.40. The molecule has 2 heteroatoms. The summed E-state index contributed by atoms with van der Waals surface area (Å²) in [7, 11) is 1.76. The molecule has 0 saturated heterocycles. The van der Waals surface area contributed by atoms with Crippen molar-refractivity contribution in [1.82, 2.24) is 0 Å². The first-order chi connectivity index (χ1) is 6.08. The second-order valence-electron chi connectivity index (χ2n) is 4.63. The van der Waals surface area contributed by atoms with Crippen LogP contribution in [-0.2, 0) is 0 Å². The van der Waals surface area contributed by atoms with Crippen molar-refractivity contribution < 1.29 is 4.39 Å². The van der Waals surface area contributed by atoms with Crippen molar-refractivity contribution in [2.75, 3.05) is 7.05 Å². The van der Waals surface area contributed by atoms with E-state index < -0.39 is 0 Å². The van der Waals surface area contributed by atoms with Crippen LogP contribution < -0.4 is 0 Å². The first-order valence-corrected chi connectivity index (χ1v) is 4.90. The first-order valence-electron chi connectivity index (χ1n) is 4.90. The zero-order valence-electron chi connectivity index (χ0n) is 8.42. The minimum absolute atomic E-state index is 0.0890. The fourth-order valence-electron chi connectivity index (χ4n) is 2.91. The van der Waals surface area contributed by atoms with E-state index >= 15 is 0 Å². The van der Waals surface area contributed by atoms with Gasteiger partial charge in [0, 0.05) is 24.6 Å². The standard InChI is InChI=1S/C11H16FN/c1-7-4-8-10(7)9(12)5-11(8,2)6-13-3/h5-8,10H,4H2,1-3H3/b13-6-. The number of rotatable bonds is 1. The molecule has 0 N–H and O–H groups in total. The topological polar surface area (TPSA) is 12.4 Å². The van der Waals surface area contributed by atoms with Crippen LogP contribution >= 0.6 is 0 Å². The highest BCUT2D eigenvalue weighted by atomic mass is 19.1. The summed E-state index contributed by atoms with van der Waals surface area (Å²) in [6.07, 6.45) is 4.79. The molecule has 0 spiro atoms. The van der Waals surface area contributed by atoms with Crippen LogP contribution in [0.3, 0.4) is 0 Å². The van der Waals surface area contributed by atoms with Gasteiger partial charge in [0.05, 0.1) is 0 Å². The first kappa shape index (κ1) is 8.92. The molecule has 0 aromatic heterocycles. The monoisotopic (exact) mass is 181 g/mol. The number of aliphatic imine (C=N–C) groups is 1. The third kappa shape index (κ3) is 1.07. The summed E-state index contributed by atoms with van der Waals surface area (Å²) in [5.74, 6) is 1.26. The van der Waals surface area contributed by atoms with Crippen molar-refractivity contribution >= 4 is 6.21 Å². The van der Waals surface area contributed by atoms with E-state index in [1.807, 2.05) is 6.21 Å². The second kappa shape index (κ2) is 2.66. The molecule has 0 aliphatic heterocycles. The van der Waals surface area contributed by atoms with E-state index in [9.17, 15) is 4.39 Å². The van der Waals surface area contributed by atoms with Gasteiger partial charge < -0.3 is 0 Å². The number of hydrogen-bond donors (Lipinski definition) is 0. The molecule has 0 aromatic carbocycles. The lowest BCUT2D eigenvalue weighted by atomic mass is 9.60. The van der Waals surface area contributed by atoms with Crippen LogP contribution in [0.2, 0.25) is 0 Å². The third-order valence-corrected chi connectivity index (χ3v) is 3.65. The molecular weight excluding hydrogens is 165 g/mol. The van der Waals surface area contributed by atoms with Crippen molar-refractivity contribution in [2.45, 2.75) is 20.3 Å². The van der Waals surface area contributed by atoms with E-state index in [0.717, 1.165) is 6.42 Å². The van der Waals surface area contributed by atoms with Crippen molar-refractivity contribution in [3.05, 3.63) is 11.9 Å². The Balaban J connectivity index is 2.27. The van der Waals surface area contributed by atoms with Crippen molar-refractivity contribution in [1.29, 1.82) is 0 Å². The minimum atomic E-state index is -0.115. The Hall–Kier alpha value is -0.660. The van der Waals surface area contributed by atoms with E-state index in [0.29, 0.717) is 11.8 Å². The van der Waals surface area contributed by atoms with Gasteiger partial charge in [-0.05, 0) is 24.3 Å². The molecule has 2 aliphatic carbocycles. The summed E-state index contributed by atoms with van der Waals surface area (Å²) in [6.45, 7) is 4.21. The van der Waals surface area contributed by atoms with E-state index in [-0.39, 0.29) is 17.2 Å². The van der Waals surface area contributed by atoms with Crippen LogP contribution in [0.15, 0.2) is 16.9 Å². The zero-order valence-corrected chi connectivity index (χ0v) is 8.42. The molecule has 4 unspecified atom stereocenters. The SMILES string of the molecule is C/N=C\C1(C)C=C(F)C2C(C)CC21. The second-order valence-corrected chi connectivity index (χ2v) is 4.63. The number of fused-ring (bicyclic) bond motifs is 1. The van der Waals surface area contributed by atoms with E-state index in [1.165, 1.54) is 0 Å². The molecule has 0 bridgehead atoms. The van der Waals surface area contributed by atoms with Gasteiger partial charge >= 0.3 is 0 Å². The lowest BCUT2D eigenvalue weighted by Gasteiger charge is -2.44. The quantitative estimate of drug-likeness (QED) is 0.551. The van der Waals surface area contributed by atoms with Crippen LogP contribution in [0.25, 0.3) is 0 Å². The molecule has 1 fully saturated rings. The molecule has 0 heterocycles. The molecule has 0 radical (unpaired) electrons. The molecule has 0 aromatic rings.